The molecule has 2 heteroatoms. The lowest BCUT2D eigenvalue weighted by Gasteiger charge is -2.08. The van der Waals surface area contributed by atoms with Gasteiger partial charge in [0.05, 0.1) is 5.56 Å². The van der Waals surface area contributed by atoms with Gasteiger partial charge in [-0.3, -0.25) is 4.79 Å². The molecular weight excluding hydrogens is 191 g/mol. The second-order valence-electron chi connectivity index (χ2n) is 4.44. The number of ketones is 1. The van der Waals surface area contributed by atoms with E-state index in [1.807, 2.05) is 27.7 Å². The number of halogens is 1. The van der Waals surface area contributed by atoms with Gasteiger partial charge in [-0.1, -0.05) is 13.8 Å². The Kier molecular flexibility index (Phi) is 3.61. The Morgan fingerprint density at radius 2 is 1.80 bits per heavy atom. The first-order valence-electron chi connectivity index (χ1n) is 5.21. The minimum Gasteiger partial charge on any atom is -0.294 e. The third-order valence-electron chi connectivity index (χ3n) is 2.48. The van der Waals surface area contributed by atoms with E-state index in [1.165, 1.54) is 6.07 Å². The number of Topliss-reactive ketones (excluding diaryl/α,β-unsaturated/α-hetero) is 1. The second-order valence-corrected chi connectivity index (χ2v) is 4.44. The van der Waals surface area contributed by atoms with Crippen LogP contribution in [0.4, 0.5) is 4.39 Å². The van der Waals surface area contributed by atoms with Gasteiger partial charge in [-0.15, -0.1) is 0 Å². The van der Waals surface area contributed by atoms with Crippen LogP contribution in [0.3, 0.4) is 0 Å². The molecule has 0 atom stereocenters. The van der Waals surface area contributed by atoms with Gasteiger partial charge in [-0.25, -0.2) is 4.39 Å². The summed E-state index contributed by atoms with van der Waals surface area (Å²) in [6.07, 6.45) is 0.402. The van der Waals surface area contributed by atoms with Crippen LogP contribution in [0.15, 0.2) is 12.1 Å². The number of carbonyl (C=O) groups is 1. The maximum absolute atomic E-state index is 13.5. The molecule has 1 nitrogen and oxygen atoms in total. The standard InChI is InChI=1S/C13H17FO/c1-8(2)5-13(15)11-6-9(3)10(4)7-12(11)14/h6-8H,5H2,1-4H3. The van der Waals surface area contributed by atoms with Crippen molar-refractivity contribution in [2.45, 2.75) is 34.1 Å². The minimum atomic E-state index is -0.399. The summed E-state index contributed by atoms with van der Waals surface area (Å²) in [5.41, 5.74) is 2.07. The normalized spacial score (nSPS) is 10.8. The van der Waals surface area contributed by atoms with Crippen molar-refractivity contribution >= 4 is 5.78 Å². The van der Waals surface area contributed by atoms with E-state index in [0.29, 0.717) is 6.42 Å². The molecule has 0 saturated carbocycles. The van der Waals surface area contributed by atoms with Gasteiger partial charge in [-0.05, 0) is 43.0 Å². The number of hydrogen-bond acceptors (Lipinski definition) is 1. The number of rotatable bonds is 3. The van der Waals surface area contributed by atoms with E-state index in [-0.39, 0.29) is 17.3 Å². The molecule has 0 amide bonds. The predicted octanol–water partition coefficient (Wildman–Crippen LogP) is 3.67. The zero-order valence-corrected chi connectivity index (χ0v) is 9.73. The fourth-order valence-electron chi connectivity index (χ4n) is 1.48. The fourth-order valence-corrected chi connectivity index (χ4v) is 1.48. The lowest BCUT2D eigenvalue weighted by atomic mass is 9.97. The van der Waals surface area contributed by atoms with E-state index in [1.54, 1.807) is 6.07 Å². The zero-order chi connectivity index (χ0) is 11.6. The van der Waals surface area contributed by atoms with Gasteiger partial charge in [-0.2, -0.15) is 0 Å². The SMILES string of the molecule is Cc1cc(F)c(C(=O)CC(C)C)cc1C. The van der Waals surface area contributed by atoms with Crippen molar-refractivity contribution in [2.75, 3.05) is 0 Å². The largest absolute Gasteiger partial charge is 0.294 e. The van der Waals surface area contributed by atoms with Gasteiger partial charge in [0.2, 0.25) is 0 Å². The molecular formula is C13H17FO. The van der Waals surface area contributed by atoms with Crippen LogP contribution >= 0.6 is 0 Å². The first kappa shape index (κ1) is 11.9. The first-order valence-corrected chi connectivity index (χ1v) is 5.21. The molecule has 0 unspecified atom stereocenters. The van der Waals surface area contributed by atoms with Crippen LogP contribution in [0, 0.1) is 25.6 Å². The lowest BCUT2D eigenvalue weighted by molar-refractivity contribution is 0.0964. The van der Waals surface area contributed by atoms with Crippen LogP contribution in [-0.2, 0) is 0 Å². The Hall–Kier alpha value is -1.18. The smallest absolute Gasteiger partial charge is 0.166 e. The minimum absolute atomic E-state index is 0.106. The highest BCUT2D eigenvalue weighted by Crippen LogP contribution is 2.17. The summed E-state index contributed by atoms with van der Waals surface area (Å²) in [5.74, 6) is -0.243. The van der Waals surface area contributed by atoms with Crippen molar-refractivity contribution in [3.8, 4) is 0 Å². The van der Waals surface area contributed by atoms with E-state index in [2.05, 4.69) is 0 Å². The van der Waals surface area contributed by atoms with E-state index < -0.39 is 5.82 Å². The Bertz CT molecular complexity index is 380. The summed E-state index contributed by atoms with van der Waals surface area (Å²) in [6, 6.07) is 3.08. The van der Waals surface area contributed by atoms with Crippen molar-refractivity contribution in [3.63, 3.8) is 0 Å². The molecule has 0 heterocycles. The van der Waals surface area contributed by atoms with E-state index in [4.69, 9.17) is 0 Å². The van der Waals surface area contributed by atoms with Crippen molar-refractivity contribution in [2.24, 2.45) is 5.92 Å². The monoisotopic (exact) mass is 208 g/mol. The molecule has 0 spiro atoms. The molecule has 0 aliphatic rings. The van der Waals surface area contributed by atoms with Gasteiger partial charge in [0.15, 0.2) is 5.78 Å². The van der Waals surface area contributed by atoms with E-state index in [9.17, 15) is 9.18 Å². The molecule has 0 aromatic heterocycles. The maximum atomic E-state index is 13.5. The average molecular weight is 208 g/mol. The quantitative estimate of drug-likeness (QED) is 0.693. The zero-order valence-electron chi connectivity index (χ0n) is 9.73. The van der Waals surface area contributed by atoms with Gasteiger partial charge >= 0.3 is 0 Å². The fraction of sp³-hybridized carbons (Fsp3) is 0.462. The van der Waals surface area contributed by atoms with Gasteiger partial charge < -0.3 is 0 Å². The first-order chi connectivity index (χ1) is 6.91. The van der Waals surface area contributed by atoms with Crippen LogP contribution in [0.1, 0.15) is 41.8 Å². The number of hydrogen-bond donors (Lipinski definition) is 0. The van der Waals surface area contributed by atoms with Crippen LogP contribution < -0.4 is 0 Å². The second kappa shape index (κ2) is 4.56. The van der Waals surface area contributed by atoms with Crippen molar-refractivity contribution in [1.82, 2.24) is 0 Å². The molecule has 15 heavy (non-hydrogen) atoms. The maximum Gasteiger partial charge on any atom is 0.166 e. The van der Waals surface area contributed by atoms with Crippen LogP contribution in [0.25, 0.3) is 0 Å². The summed E-state index contributed by atoms with van der Waals surface area (Å²) < 4.78 is 13.5. The molecule has 82 valence electrons. The van der Waals surface area contributed by atoms with Gasteiger partial charge in [0, 0.05) is 6.42 Å². The molecule has 0 N–H and O–H groups in total. The van der Waals surface area contributed by atoms with Crippen molar-refractivity contribution in [1.29, 1.82) is 0 Å². The highest BCUT2D eigenvalue weighted by atomic mass is 19.1. The van der Waals surface area contributed by atoms with E-state index >= 15 is 0 Å². The topological polar surface area (TPSA) is 17.1 Å². The molecule has 0 bridgehead atoms. The summed E-state index contributed by atoms with van der Waals surface area (Å²) in [6.45, 7) is 7.64. The van der Waals surface area contributed by atoms with Crippen molar-refractivity contribution in [3.05, 3.63) is 34.6 Å². The summed E-state index contributed by atoms with van der Waals surface area (Å²) in [4.78, 5) is 11.7. The van der Waals surface area contributed by atoms with Crippen LogP contribution in [0.5, 0.6) is 0 Å². The molecule has 0 saturated heterocycles. The number of benzene rings is 1. The van der Waals surface area contributed by atoms with Crippen LogP contribution in [0.2, 0.25) is 0 Å². The third kappa shape index (κ3) is 2.88. The van der Waals surface area contributed by atoms with Crippen molar-refractivity contribution < 1.29 is 9.18 Å². The molecule has 0 fully saturated rings. The Balaban J connectivity index is 3.04. The highest BCUT2D eigenvalue weighted by Gasteiger charge is 2.14. The molecule has 1 aromatic rings. The summed E-state index contributed by atoms with van der Waals surface area (Å²) >= 11 is 0. The molecule has 0 aliphatic carbocycles. The average Bonchev–Trinajstić information content (AvgIpc) is 2.09. The Morgan fingerprint density at radius 3 is 2.33 bits per heavy atom. The summed E-state index contributed by atoms with van der Waals surface area (Å²) in [5, 5.41) is 0. The predicted molar refractivity (Wildman–Crippen MR) is 59.7 cm³/mol. The number of carbonyl (C=O) groups excluding carboxylic acids is 1. The van der Waals surface area contributed by atoms with Gasteiger partial charge in [0.25, 0.3) is 0 Å². The molecule has 1 aromatic carbocycles. The molecule has 1 rings (SSSR count). The number of aryl methyl sites for hydroxylation is 2. The Morgan fingerprint density at radius 1 is 1.27 bits per heavy atom. The third-order valence-corrected chi connectivity index (χ3v) is 2.48. The summed E-state index contributed by atoms with van der Waals surface area (Å²) in [7, 11) is 0. The lowest BCUT2D eigenvalue weighted by Crippen LogP contribution is -2.07. The Labute approximate surface area is 90.3 Å². The molecule has 0 aliphatic heterocycles. The van der Waals surface area contributed by atoms with E-state index in [0.717, 1.165) is 11.1 Å². The van der Waals surface area contributed by atoms with Crippen LogP contribution in [-0.4, -0.2) is 5.78 Å². The van der Waals surface area contributed by atoms with Gasteiger partial charge in [0.1, 0.15) is 5.82 Å². The highest BCUT2D eigenvalue weighted by molar-refractivity contribution is 5.96. The molecule has 0 radical (unpaired) electrons.